The predicted octanol–water partition coefficient (Wildman–Crippen LogP) is 4.12. The molecule has 0 bridgehead atoms. The van der Waals surface area contributed by atoms with Crippen LogP contribution in [0.3, 0.4) is 0 Å². The van der Waals surface area contributed by atoms with Crippen LogP contribution in [-0.4, -0.2) is 5.97 Å². The van der Waals surface area contributed by atoms with Crippen molar-refractivity contribution in [1.29, 1.82) is 0 Å². The van der Waals surface area contributed by atoms with Crippen LogP contribution in [-0.2, 0) is 0 Å². The first-order chi connectivity index (χ1) is 8.56. The van der Waals surface area contributed by atoms with Gasteiger partial charge in [-0.15, -0.1) is 0 Å². The number of esters is 1. The van der Waals surface area contributed by atoms with Gasteiger partial charge in [-0.05, 0) is 58.7 Å². The highest BCUT2D eigenvalue weighted by Crippen LogP contribution is 2.26. The zero-order valence-corrected chi connectivity index (χ0v) is 11.2. The number of carbonyl (C=O) groups is 1. The lowest BCUT2D eigenvalue weighted by Crippen LogP contribution is -2.09. The summed E-state index contributed by atoms with van der Waals surface area (Å²) in [6.45, 7) is 1.93. The van der Waals surface area contributed by atoms with Crippen molar-refractivity contribution in [3.63, 3.8) is 0 Å². The van der Waals surface area contributed by atoms with Crippen molar-refractivity contribution in [2.75, 3.05) is 0 Å². The molecule has 0 aliphatic heterocycles. The number of halogens is 2. The van der Waals surface area contributed by atoms with Crippen LogP contribution in [0.4, 0.5) is 4.39 Å². The van der Waals surface area contributed by atoms with E-state index in [0.717, 1.165) is 11.6 Å². The van der Waals surface area contributed by atoms with Crippen molar-refractivity contribution in [3.8, 4) is 5.75 Å². The molecule has 0 aromatic heterocycles. The lowest BCUT2D eigenvalue weighted by molar-refractivity contribution is 0.0733. The maximum atomic E-state index is 13.0. The summed E-state index contributed by atoms with van der Waals surface area (Å²) < 4.78 is 18.9. The van der Waals surface area contributed by atoms with Gasteiger partial charge >= 0.3 is 5.97 Å². The Hall–Kier alpha value is -1.68. The first-order valence-electron chi connectivity index (χ1n) is 5.30. The van der Waals surface area contributed by atoms with E-state index in [4.69, 9.17) is 4.74 Å². The van der Waals surface area contributed by atoms with Gasteiger partial charge in [0.25, 0.3) is 0 Å². The van der Waals surface area contributed by atoms with Crippen LogP contribution in [0.25, 0.3) is 0 Å². The normalized spacial score (nSPS) is 10.2. The van der Waals surface area contributed by atoms with Crippen molar-refractivity contribution >= 4 is 21.9 Å². The van der Waals surface area contributed by atoms with E-state index < -0.39 is 11.8 Å². The van der Waals surface area contributed by atoms with E-state index in [0.29, 0.717) is 10.2 Å². The molecule has 0 unspecified atom stereocenters. The van der Waals surface area contributed by atoms with Crippen LogP contribution < -0.4 is 4.74 Å². The molecular weight excluding hydrogens is 299 g/mol. The number of benzene rings is 2. The molecule has 0 atom stereocenters. The van der Waals surface area contributed by atoms with Gasteiger partial charge in [0.1, 0.15) is 11.6 Å². The molecule has 2 rings (SSSR count). The highest BCUT2D eigenvalue weighted by atomic mass is 79.9. The molecule has 2 aromatic rings. The van der Waals surface area contributed by atoms with Gasteiger partial charge < -0.3 is 4.74 Å². The summed E-state index contributed by atoms with van der Waals surface area (Å²) in [6.07, 6.45) is 0. The summed E-state index contributed by atoms with van der Waals surface area (Å²) in [5, 5.41) is 0. The van der Waals surface area contributed by atoms with Gasteiger partial charge in [0, 0.05) is 0 Å². The third-order valence-corrected chi connectivity index (χ3v) is 2.97. The van der Waals surface area contributed by atoms with Gasteiger partial charge in [-0.3, -0.25) is 0 Å². The zero-order valence-electron chi connectivity index (χ0n) is 9.61. The number of carbonyl (C=O) groups excluding carboxylic acids is 1. The monoisotopic (exact) mass is 308 g/mol. The number of ether oxygens (including phenoxy) is 1. The number of rotatable bonds is 2. The number of aryl methyl sites for hydroxylation is 1. The summed E-state index contributed by atoms with van der Waals surface area (Å²) in [5.74, 6) is -0.638. The minimum absolute atomic E-state index is 0.183. The standard InChI is InChI=1S/C14H10BrFO2/c1-9-5-6-13(12(15)7-9)18-14(17)10-3-2-4-11(16)8-10/h2-8H,1H3. The van der Waals surface area contributed by atoms with E-state index in [1.54, 1.807) is 6.07 Å². The van der Waals surface area contributed by atoms with E-state index in [9.17, 15) is 9.18 Å². The minimum atomic E-state index is -0.584. The highest BCUT2D eigenvalue weighted by molar-refractivity contribution is 9.10. The lowest BCUT2D eigenvalue weighted by Gasteiger charge is -2.07. The quantitative estimate of drug-likeness (QED) is 0.616. The molecule has 0 heterocycles. The summed E-state index contributed by atoms with van der Waals surface area (Å²) >= 11 is 3.31. The molecule has 0 aliphatic carbocycles. The van der Waals surface area contributed by atoms with Gasteiger partial charge in [0.15, 0.2) is 0 Å². The molecule has 0 fully saturated rings. The molecule has 0 spiro atoms. The van der Waals surface area contributed by atoms with E-state index in [1.807, 2.05) is 19.1 Å². The van der Waals surface area contributed by atoms with Gasteiger partial charge in [-0.2, -0.15) is 0 Å². The van der Waals surface area contributed by atoms with Crippen molar-refractivity contribution in [1.82, 2.24) is 0 Å². The molecule has 2 aromatic carbocycles. The van der Waals surface area contributed by atoms with E-state index in [-0.39, 0.29) is 5.56 Å². The Bertz CT molecular complexity index is 596. The predicted molar refractivity (Wildman–Crippen MR) is 70.2 cm³/mol. The molecular formula is C14H10BrFO2. The molecule has 0 amide bonds. The molecule has 4 heteroatoms. The summed E-state index contributed by atoms with van der Waals surface area (Å²) in [7, 11) is 0. The lowest BCUT2D eigenvalue weighted by atomic mass is 10.2. The van der Waals surface area contributed by atoms with Crippen LogP contribution in [0, 0.1) is 12.7 Å². The smallest absolute Gasteiger partial charge is 0.343 e. The topological polar surface area (TPSA) is 26.3 Å². The average Bonchev–Trinajstić information content (AvgIpc) is 2.32. The highest BCUT2D eigenvalue weighted by Gasteiger charge is 2.11. The van der Waals surface area contributed by atoms with Crippen LogP contribution in [0.15, 0.2) is 46.9 Å². The van der Waals surface area contributed by atoms with Crippen molar-refractivity contribution in [3.05, 3.63) is 63.9 Å². The zero-order chi connectivity index (χ0) is 13.1. The third kappa shape index (κ3) is 2.96. The molecule has 18 heavy (non-hydrogen) atoms. The summed E-state index contributed by atoms with van der Waals surface area (Å²) in [6, 6.07) is 10.8. The Labute approximate surface area is 113 Å². The Balaban J connectivity index is 2.21. The van der Waals surface area contributed by atoms with Crippen LogP contribution in [0.5, 0.6) is 5.75 Å². The van der Waals surface area contributed by atoms with E-state index in [1.165, 1.54) is 18.2 Å². The molecule has 0 saturated heterocycles. The largest absolute Gasteiger partial charge is 0.422 e. The van der Waals surface area contributed by atoms with Crippen molar-refractivity contribution in [2.45, 2.75) is 6.92 Å². The van der Waals surface area contributed by atoms with Gasteiger partial charge in [0.05, 0.1) is 10.0 Å². The molecule has 0 N–H and O–H groups in total. The number of hydrogen-bond donors (Lipinski definition) is 0. The summed E-state index contributed by atoms with van der Waals surface area (Å²) in [4.78, 5) is 11.8. The Morgan fingerprint density at radius 3 is 2.67 bits per heavy atom. The fraction of sp³-hybridized carbons (Fsp3) is 0.0714. The van der Waals surface area contributed by atoms with Crippen LogP contribution in [0.2, 0.25) is 0 Å². The molecule has 2 nitrogen and oxygen atoms in total. The Kier molecular flexibility index (Phi) is 3.77. The fourth-order valence-corrected chi connectivity index (χ4v) is 2.04. The van der Waals surface area contributed by atoms with Crippen molar-refractivity contribution < 1.29 is 13.9 Å². The number of hydrogen-bond acceptors (Lipinski definition) is 2. The SMILES string of the molecule is Cc1ccc(OC(=O)c2cccc(F)c2)c(Br)c1. The van der Waals surface area contributed by atoms with E-state index in [2.05, 4.69) is 15.9 Å². The Morgan fingerprint density at radius 1 is 1.22 bits per heavy atom. The molecule has 0 radical (unpaired) electrons. The fourth-order valence-electron chi connectivity index (χ4n) is 1.46. The maximum Gasteiger partial charge on any atom is 0.343 e. The van der Waals surface area contributed by atoms with Crippen LogP contribution >= 0.6 is 15.9 Å². The first-order valence-corrected chi connectivity index (χ1v) is 6.09. The van der Waals surface area contributed by atoms with Crippen LogP contribution in [0.1, 0.15) is 15.9 Å². The van der Waals surface area contributed by atoms with Gasteiger partial charge in [0.2, 0.25) is 0 Å². The molecule has 92 valence electrons. The average molecular weight is 309 g/mol. The Morgan fingerprint density at radius 2 is 2.00 bits per heavy atom. The second-order valence-corrected chi connectivity index (χ2v) is 4.69. The minimum Gasteiger partial charge on any atom is -0.422 e. The third-order valence-electron chi connectivity index (χ3n) is 2.35. The molecule has 0 saturated carbocycles. The van der Waals surface area contributed by atoms with E-state index >= 15 is 0 Å². The molecule has 0 aliphatic rings. The van der Waals surface area contributed by atoms with Crippen molar-refractivity contribution in [2.24, 2.45) is 0 Å². The summed E-state index contributed by atoms with van der Waals surface area (Å²) in [5.41, 5.74) is 1.23. The second kappa shape index (κ2) is 5.31. The second-order valence-electron chi connectivity index (χ2n) is 3.83. The maximum absolute atomic E-state index is 13.0. The van der Waals surface area contributed by atoms with Gasteiger partial charge in [-0.1, -0.05) is 12.1 Å². The van der Waals surface area contributed by atoms with Gasteiger partial charge in [-0.25, -0.2) is 9.18 Å². The first kappa shape index (κ1) is 12.8.